The van der Waals surface area contributed by atoms with Crippen LogP contribution in [-0.4, -0.2) is 13.6 Å². The van der Waals surface area contributed by atoms with Gasteiger partial charge in [0, 0.05) is 0 Å². The fraction of sp³-hybridized carbons (Fsp3) is 0.571. The van der Waals surface area contributed by atoms with Gasteiger partial charge in [0.25, 0.3) is 0 Å². The Hall–Kier alpha value is -0.530. The molecule has 88 valence electrons. The zero-order chi connectivity index (χ0) is 10.3. The topological polar surface area (TPSA) is 12.0 Å². The number of hydrogen-bond acceptors (Lipinski definition) is 1. The second-order valence-corrected chi connectivity index (χ2v) is 5.45. The normalized spacial score (nSPS) is 21.3. The summed E-state index contributed by atoms with van der Waals surface area (Å²) in [7, 11) is 2.06. The zero-order valence-corrected chi connectivity index (χ0v) is 10.6. The molecule has 2 heteroatoms. The fourth-order valence-corrected chi connectivity index (χ4v) is 3.66. The number of benzene rings is 1. The van der Waals surface area contributed by atoms with Gasteiger partial charge in [-0.25, -0.2) is 0 Å². The lowest BCUT2D eigenvalue weighted by molar-refractivity contribution is 0.0672. The van der Waals surface area contributed by atoms with Gasteiger partial charge in [-0.15, -0.1) is 12.4 Å². The van der Waals surface area contributed by atoms with E-state index in [0.29, 0.717) is 5.41 Å². The third-order valence-electron chi connectivity index (χ3n) is 4.19. The standard InChI is InChI=1S/C14H19N.ClH/c1-15-10-11-6-14(7-11)8-12-4-2-3-5-13(12)9-14;/h2-5,11,15H,6-10H2,1H3;1H. The molecule has 1 saturated carbocycles. The van der Waals surface area contributed by atoms with E-state index in [-0.39, 0.29) is 12.4 Å². The van der Waals surface area contributed by atoms with Crippen LogP contribution in [0.5, 0.6) is 0 Å². The van der Waals surface area contributed by atoms with Crippen molar-refractivity contribution in [3.63, 3.8) is 0 Å². The molecule has 0 aromatic heterocycles. The molecule has 0 amide bonds. The van der Waals surface area contributed by atoms with Crippen LogP contribution in [0.2, 0.25) is 0 Å². The van der Waals surface area contributed by atoms with E-state index in [1.165, 1.54) is 32.2 Å². The molecule has 1 aromatic rings. The Bertz CT molecular complexity index is 342. The van der Waals surface area contributed by atoms with E-state index in [1.54, 1.807) is 11.1 Å². The number of fused-ring (bicyclic) bond motifs is 1. The van der Waals surface area contributed by atoms with Crippen molar-refractivity contribution in [1.29, 1.82) is 0 Å². The molecule has 2 aliphatic rings. The minimum absolute atomic E-state index is 0. The second-order valence-electron chi connectivity index (χ2n) is 5.45. The predicted molar refractivity (Wildman–Crippen MR) is 70.2 cm³/mol. The summed E-state index contributed by atoms with van der Waals surface area (Å²) in [6.07, 6.45) is 5.54. The summed E-state index contributed by atoms with van der Waals surface area (Å²) in [6, 6.07) is 8.99. The van der Waals surface area contributed by atoms with E-state index in [1.807, 2.05) is 0 Å². The van der Waals surface area contributed by atoms with Gasteiger partial charge in [0.15, 0.2) is 0 Å². The van der Waals surface area contributed by atoms with E-state index in [4.69, 9.17) is 0 Å². The molecule has 1 nitrogen and oxygen atoms in total. The predicted octanol–water partition coefficient (Wildman–Crippen LogP) is 2.82. The van der Waals surface area contributed by atoms with E-state index >= 15 is 0 Å². The first-order valence-electron chi connectivity index (χ1n) is 6.03. The number of hydrogen-bond donors (Lipinski definition) is 1. The highest BCUT2D eigenvalue weighted by atomic mass is 35.5. The molecule has 0 aliphatic heterocycles. The minimum atomic E-state index is 0. The van der Waals surface area contributed by atoms with Crippen LogP contribution >= 0.6 is 12.4 Å². The quantitative estimate of drug-likeness (QED) is 0.834. The molecule has 1 spiro atoms. The van der Waals surface area contributed by atoms with E-state index in [2.05, 4.69) is 36.6 Å². The summed E-state index contributed by atoms with van der Waals surface area (Å²) < 4.78 is 0. The maximum absolute atomic E-state index is 3.30. The average molecular weight is 238 g/mol. The van der Waals surface area contributed by atoms with Crippen molar-refractivity contribution in [3.8, 4) is 0 Å². The molecule has 2 aliphatic carbocycles. The molecule has 1 N–H and O–H groups in total. The Labute approximate surface area is 104 Å². The number of rotatable bonds is 2. The Morgan fingerprint density at radius 1 is 1.19 bits per heavy atom. The smallest absolute Gasteiger partial charge is 0.00231 e. The first-order chi connectivity index (χ1) is 7.31. The van der Waals surface area contributed by atoms with Crippen molar-refractivity contribution in [2.75, 3.05) is 13.6 Å². The highest BCUT2D eigenvalue weighted by Crippen LogP contribution is 2.53. The van der Waals surface area contributed by atoms with Crippen LogP contribution in [0.4, 0.5) is 0 Å². The first kappa shape index (κ1) is 11.9. The Morgan fingerprint density at radius 2 is 1.75 bits per heavy atom. The summed E-state index contributed by atoms with van der Waals surface area (Å²) in [4.78, 5) is 0. The lowest BCUT2D eigenvalue weighted by Crippen LogP contribution is -2.42. The molecule has 0 bridgehead atoms. The Kier molecular flexibility index (Phi) is 3.27. The van der Waals surface area contributed by atoms with Crippen molar-refractivity contribution in [2.24, 2.45) is 11.3 Å². The maximum Gasteiger partial charge on any atom is -0.00231 e. The summed E-state index contributed by atoms with van der Waals surface area (Å²) in [5.41, 5.74) is 3.88. The fourth-order valence-electron chi connectivity index (χ4n) is 3.66. The van der Waals surface area contributed by atoms with Crippen molar-refractivity contribution >= 4 is 12.4 Å². The van der Waals surface area contributed by atoms with Gasteiger partial charge in [-0.05, 0) is 61.7 Å². The Morgan fingerprint density at radius 3 is 2.25 bits per heavy atom. The molecule has 0 saturated heterocycles. The summed E-state index contributed by atoms with van der Waals surface area (Å²) >= 11 is 0. The van der Waals surface area contributed by atoms with Crippen LogP contribution in [0, 0.1) is 11.3 Å². The van der Waals surface area contributed by atoms with Crippen LogP contribution in [0.15, 0.2) is 24.3 Å². The van der Waals surface area contributed by atoms with E-state index in [0.717, 1.165) is 5.92 Å². The van der Waals surface area contributed by atoms with Crippen LogP contribution in [0.3, 0.4) is 0 Å². The highest BCUT2D eigenvalue weighted by molar-refractivity contribution is 5.85. The third kappa shape index (κ3) is 1.87. The maximum atomic E-state index is 3.30. The molecule has 3 rings (SSSR count). The summed E-state index contributed by atoms with van der Waals surface area (Å²) in [5.74, 6) is 0.935. The van der Waals surface area contributed by atoms with Crippen molar-refractivity contribution in [1.82, 2.24) is 5.32 Å². The molecule has 0 unspecified atom stereocenters. The second kappa shape index (κ2) is 4.38. The largest absolute Gasteiger partial charge is 0.319 e. The monoisotopic (exact) mass is 237 g/mol. The molecule has 1 fully saturated rings. The van der Waals surface area contributed by atoms with Gasteiger partial charge >= 0.3 is 0 Å². The summed E-state index contributed by atoms with van der Waals surface area (Å²) in [5, 5.41) is 3.30. The van der Waals surface area contributed by atoms with Crippen LogP contribution in [0.25, 0.3) is 0 Å². The summed E-state index contributed by atoms with van der Waals surface area (Å²) in [6.45, 7) is 1.21. The van der Waals surface area contributed by atoms with Gasteiger partial charge in [-0.2, -0.15) is 0 Å². The van der Waals surface area contributed by atoms with Crippen LogP contribution < -0.4 is 5.32 Å². The van der Waals surface area contributed by atoms with Gasteiger partial charge in [0.1, 0.15) is 0 Å². The van der Waals surface area contributed by atoms with Crippen molar-refractivity contribution in [2.45, 2.75) is 25.7 Å². The van der Waals surface area contributed by atoms with E-state index < -0.39 is 0 Å². The minimum Gasteiger partial charge on any atom is -0.319 e. The molecule has 1 aromatic carbocycles. The van der Waals surface area contributed by atoms with Crippen molar-refractivity contribution in [3.05, 3.63) is 35.4 Å². The third-order valence-corrected chi connectivity index (χ3v) is 4.19. The van der Waals surface area contributed by atoms with Gasteiger partial charge in [0.2, 0.25) is 0 Å². The Balaban J connectivity index is 0.000000963. The van der Waals surface area contributed by atoms with Gasteiger partial charge in [-0.1, -0.05) is 24.3 Å². The SMILES string of the molecule is CNCC1CC2(Cc3ccccc3C2)C1.Cl. The molecule has 0 atom stereocenters. The molecular formula is C14H20ClN. The van der Waals surface area contributed by atoms with E-state index in [9.17, 15) is 0 Å². The molecule has 0 heterocycles. The van der Waals surface area contributed by atoms with Crippen LogP contribution in [0.1, 0.15) is 24.0 Å². The number of halogens is 1. The lowest BCUT2D eigenvalue weighted by atomic mass is 9.60. The zero-order valence-electron chi connectivity index (χ0n) is 9.83. The van der Waals surface area contributed by atoms with Gasteiger partial charge < -0.3 is 5.32 Å². The number of nitrogens with one attached hydrogen (secondary N) is 1. The first-order valence-corrected chi connectivity index (χ1v) is 6.03. The molecule has 0 radical (unpaired) electrons. The highest BCUT2D eigenvalue weighted by Gasteiger charge is 2.46. The van der Waals surface area contributed by atoms with Gasteiger partial charge in [-0.3, -0.25) is 0 Å². The molecule has 16 heavy (non-hydrogen) atoms. The molecular weight excluding hydrogens is 218 g/mol. The van der Waals surface area contributed by atoms with Crippen LogP contribution in [-0.2, 0) is 12.8 Å². The van der Waals surface area contributed by atoms with Gasteiger partial charge in [0.05, 0.1) is 0 Å². The lowest BCUT2D eigenvalue weighted by Gasteiger charge is -2.45. The average Bonchev–Trinajstić information content (AvgIpc) is 2.56. The van der Waals surface area contributed by atoms with Crippen molar-refractivity contribution < 1.29 is 0 Å².